The Morgan fingerprint density at radius 1 is 1.11 bits per heavy atom. The fraction of sp³-hybridized carbons (Fsp3) is 0.0526. The SMILES string of the molecule is O=c1c2oc3ccccc3c2ncn1Cc1nc(-c2cccc(Cl)c2)no1. The summed E-state index contributed by atoms with van der Waals surface area (Å²) < 4.78 is 12.3. The Labute approximate surface area is 156 Å². The molecule has 0 atom stereocenters. The van der Waals surface area contributed by atoms with Gasteiger partial charge in [0.25, 0.3) is 5.56 Å². The Hall–Kier alpha value is -3.45. The quantitative estimate of drug-likeness (QED) is 0.473. The molecule has 8 heteroatoms. The average molecular weight is 379 g/mol. The number of hydrogen-bond acceptors (Lipinski definition) is 6. The molecule has 0 aliphatic rings. The van der Waals surface area contributed by atoms with Gasteiger partial charge in [-0.1, -0.05) is 41.0 Å². The van der Waals surface area contributed by atoms with Crippen LogP contribution in [0.4, 0.5) is 0 Å². The van der Waals surface area contributed by atoms with Crippen LogP contribution in [0.25, 0.3) is 33.5 Å². The summed E-state index contributed by atoms with van der Waals surface area (Å²) in [5.74, 6) is 0.683. The summed E-state index contributed by atoms with van der Waals surface area (Å²) in [4.78, 5) is 21.4. The third-order valence-electron chi connectivity index (χ3n) is 4.21. The van der Waals surface area contributed by atoms with Crippen molar-refractivity contribution in [1.82, 2.24) is 19.7 Å². The molecular formula is C19H11ClN4O3. The molecule has 0 fully saturated rings. The van der Waals surface area contributed by atoms with Gasteiger partial charge in [0.2, 0.25) is 17.3 Å². The largest absolute Gasteiger partial charge is 0.448 e. The molecule has 3 aromatic heterocycles. The minimum atomic E-state index is -0.307. The maximum atomic E-state index is 12.7. The van der Waals surface area contributed by atoms with E-state index in [1.54, 1.807) is 24.3 Å². The molecule has 27 heavy (non-hydrogen) atoms. The molecule has 132 valence electrons. The minimum absolute atomic E-state index is 0.0897. The van der Waals surface area contributed by atoms with Crippen LogP contribution in [0.2, 0.25) is 5.02 Å². The van der Waals surface area contributed by atoms with Gasteiger partial charge in [-0.2, -0.15) is 4.98 Å². The number of aromatic nitrogens is 4. The Bertz CT molecular complexity index is 1350. The van der Waals surface area contributed by atoms with Crippen molar-refractivity contribution in [3.8, 4) is 11.4 Å². The van der Waals surface area contributed by atoms with E-state index in [1.165, 1.54) is 10.9 Å². The number of hydrogen-bond donors (Lipinski definition) is 0. The Balaban J connectivity index is 1.53. The summed E-state index contributed by atoms with van der Waals surface area (Å²) in [7, 11) is 0. The third kappa shape index (κ3) is 2.69. The molecule has 0 unspecified atom stereocenters. The van der Waals surface area contributed by atoms with Gasteiger partial charge in [0.15, 0.2) is 0 Å². The second kappa shape index (κ2) is 6.07. The van der Waals surface area contributed by atoms with E-state index in [9.17, 15) is 4.79 Å². The molecule has 0 aliphatic carbocycles. The zero-order valence-corrected chi connectivity index (χ0v) is 14.6. The van der Waals surface area contributed by atoms with Crippen LogP contribution in [0.3, 0.4) is 0 Å². The van der Waals surface area contributed by atoms with E-state index in [2.05, 4.69) is 15.1 Å². The van der Waals surface area contributed by atoms with E-state index in [1.807, 2.05) is 24.3 Å². The van der Waals surface area contributed by atoms with Crippen LogP contribution in [0.1, 0.15) is 5.89 Å². The van der Waals surface area contributed by atoms with Crippen molar-refractivity contribution in [2.75, 3.05) is 0 Å². The van der Waals surface area contributed by atoms with E-state index in [0.29, 0.717) is 21.9 Å². The lowest BCUT2D eigenvalue weighted by Gasteiger charge is -2.00. The molecule has 0 aliphatic heterocycles. The van der Waals surface area contributed by atoms with Gasteiger partial charge in [0, 0.05) is 16.0 Å². The van der Waals surface area contributed by atoms with Gasteiger partial charge in [0.1, 0.15) is 17.6 Å². The van der Waals surface area contributed by atoms with Crippen LogP contribution in [-0.2, 0) is 6.54 Å². The summed E-state index contributed by atoms with van der Waals surface area (Å²) in [5.41, 5.74) is 1.79. The molecular weight excluding hydrogens is 368 g/mol. The Kier molecular flexibility index (Phi) is 3.54. The molecule has 0 radical (unpaired) electrons. The fourth-order valence-corrected chi connectivity index (χ4v) is 3.13. The van der Waals surface area contributed by atoms with Crippen LogP contribution in [0.5, 0.6) is 0 Å². The van der Waals surface area contributed by atoms with Crippen molar-refractivity contribution in [3.05, 3.63) is 76.1 Å². The van der Waals surface area contributed by atoms with Gasteiger partial charge in [-0.25, -0.2) is 4.98 Å². The van der Waals surface area contributed by atoms with E-state index >= 15 is 0 Å². The molecule has 0 saturated heterocycles. The molecule has 5 aromatic rings. The van der Waals surface area contributed by atoms with Gasteiger partial charge >= 0.3 is 0 Å². The predicted octanol–water partition coefficient (Wildman–Crippen LogP) is 3.89. The molecule has 0 amide bonds. The van der Waals surface area contributed by atoms with Crippen LogP contribution < -0.4 is 5.56 Å². The maximum absolute atomic E-state index is 12.7. The highest BCUT2D eigenvalue weighted by molar-refractivity contribution is 6.30. The zero-order chi connectivity index (χ0) is 18.4. The van der Waals surface area contributed by atoms with Crippen molar-refractivity contribution in [3.63, 3.8) is 0 Å². The molecule has 7 nitrogen and oxygen atoms in total. The zero-order valence-electron chi connectivity index (χ0n) is 13.8. The summed E-state index contributed by atoms with van der Waals surface area (Å²) in [6, 6.07) is 14.5. The van der Waals surface area contributed by atoms with Crippen molar-refractivity contribution in [1.29, 1.82) is 0 Å². The highest BCUT2D eigenvalue weighted by atomic mass is 35.5. The lowest BCUT2D eigenvalue weighted by molar-refractivity contribution is 0.369. The van der Waals surface area contributed by atoms with Crippen molar-refractivity contribution < 1.29 is 8.94 Å². The van der Waals surface area contributed by atoms with Gasteiger partial charge < -0.3 is 8.94 Å². The lowest BCUT2D eigenvalue weighted by Crippen LogP contribution is -2.20. The number of benzene rings is 2. The first-order valence-electron chi connectivity index (χ1n) is 8.14. The third-order valence-corrected chi connectivity index (χ3v) is 4.44. The number of para-hydroxylation sites is 1. The number of halogens is 1. The number of rotatable bonds is 3. The van der Waals surface area contributed by atoms with Crippen LogP contribution in [0.15, 0.2) is 68.6 Å². The number of nitrogens with zero attached hydrogens (tertiary/aromatic N) is 4. The first-order valence-corrected chi connectivity index (χ1v) is 8.52. The first kappa shape index (κ1) is 15.8. The van der Waals surface area contributed by atoms with E-state index in [0.717, 1.165) is 10.9 Å². The van der Waals surface area contributed by atoms with Gasteiger partial charge in [0.05, 0.1) is 6.33 Å². The van der Waals surface area contributed by atoms with Gasteiger partial charge in [-0.05, 0) is 24.3 Å². The molecule has 5 rings (SSSR count). The van der Waals surface area contributed by atoms with Crippen molar-refractivity contribution in [2.45, 2.75) is 6.54 Å². The van der Waals surface area contributed by atoms with E-state index in [4.69, 9.17) is 20.5 Å². The summed E-state index contributed by atoms with van der Waals surface area (Å²) in [6.07, 6.45) is 1.45. The van der Waals surface area contributed by atoms with Crippen molar-refractivity contribution in [2.24, 2.45) is 0 Å². The van der Waals surface area contributed by atoms with Crippen LogP contribution in [0, 0.1) is 0 Å². The molecule has 0 N–H and O–H groups in total. The normalized spacial score (nSPS) is 11.4. The average Bonchev–Trinajstić information content (AvgIpc) is 3.29. The highest BCUT2D eigenvalue weighted by Crippen LogP contribution is 2.24. The number of furan rings is 1. The maximum Gasteiger partial charge on any atom is 0.297 e. The first-order chi connectivity index (χ1) is 13.2. The van der Waals surface area contributed by atoms with Crippen LogP contribution in [-0.4, -0.2) is 19.7 Å². The Morgan fingerprint density at radius 2 is 2.00 bits per heavy atom. The highest BCUT2D eigenvalue weighted by Gasteiger charge is 2.15. The fourth-order valence-electron chi connectivity index (χ4n) is 2.94. The monoisotopic (exact) mass is 378 g/mol. The Morgan fingerprint density at radius 3 is 2.89 bits per heavy atom. The smallest absolute Gasteiger partial charge is 0.297 e. The van der Waals surface area contributed by atoms with Gasteiger partial charge in [-0.3, -0.25) is 9.36 Å². The van der Waals surface area contributed by atoms with Gasteiger partial charge in [-0.15, -0.1) is 0 Å². The van der Waals surface area contributed by atoms with Crippen LogP contribution >= 0.6 is 11.6 Å². The molecule has 0 bridgehead atoms. The standard InChI is InChI=1S/C19H11ClN4O3/c20-12-5-3-4-11(8-12)18-22-15(27-23-18)9-24-10-21-16-13-6-1-2-7-14(13)26-17(16)19(24)25/h1-8,10H,9H2. The second-order valence-corrected chi connectivity index (χ2v) is 6.41. The molecule has 0 spiro atoms. The number of fused-ring (bicyclic) bond motifs is 3. The van der Waals surface area contributed by atoms with E-state index in [-0.39, 0.29) is 23.6 Å². The lowest BCUT2D eigenvalue weighted by atomic mass is 10.2. The second-order valence-electron chi connectivity index (χ2n) is 5.98. The molecule has 2 aromatic carbocycles. The van der Waals surface area contributed by atoms with E-state index < -0.39 is 0 Å². The predicted molar refractivity (Wildman–Crippen MR) is 99.6 cm³/mol. The molecule has 3 heterocycles. The summed E-state index contributed by atoms with van der Waals surface area (Å²) >= 11 is 5.99. The topological polar surface area (TPSA) is 87.0 Å². The minimum Gasteiger partial charge on any atom is -0.448 e. The summed E-state index contributed by atoms with van der Waals surface area (Å²) in [5, 5.41) is 5.33. The summed E-state index contributed by atoms with van der Waals surface area (Å²) in [6.45, 7) is 0.0897. The van der Waals surface area contributed by atoms with Crippen molar-refractivity contribution >= 4 is 33.7 Å². The molecule has 0 saturated carbocycles.